The fraction of sp³-hybridized carbons (Fsp3) is 0.941. The van der Waals surface area contributed by atoms with Crippen LogP contribution in [-0.4, -0.2) is 30.7 Å². The monoisotopic (exact) mass is 316 g/mol. The van der Waals surface area contributed by atoms with Gasteiger partial charge in [0, 0.05) is 12.5 Å². The molecule has 1 heterocycles. The van der Waals surface area contributed by atoms with Crippen LogP contribution in [0.5, 0.6) is 0 Å². The molecule has 0 aromatic carbocycles. The Labute approximate surface area is 133 Å². The van der Waals surface area contributed by atoms with Crippen LogP contribution >= 0.6 is 11.6 Å². The summed E-state index contributed by atoms with van der Waals surface area (Å²) in [5.41, 5.74) is 0. The summed E-state index contributed by atoms with van der Waals surface area (Å²) in [5.74, 6) is 2.06. The first kappa shape index (κ1) is 17.1. The van der Waals surface area contributed by atoms with Crippen LogP contribution in [-0.2, 0) is 14.3 Å². The highest BCUT2D eigenvalue weighted by molar-refractivity contribution is 6.17. The third-order valence-electron chi connectivity index (χ3n) is 5.13. The number of esters is 1. The predicted molar refractivity (Wildman–Crippen MR) is 84.4 cm³/mol. The zero-order chi connectivity index (χ0) is 15.4. The summed E-state index contributed by atoms with van der Waals surface area (Å²) in [7, 11) is 0. The highest BCUT2D eigenvalue weighted by atomic mass is 35.5. The van der Waals surface area contributed by atoms with Crippen molar-refractivity contribution < 1.29 is 14.3 Å². The number of halogens is 1. The second kappa shape index (κ2) is 7.82. The number of hydrogen-bond donors (Lipinski definition) is 0. The summed E-state index contributed by atoms with van der Waals surface area (Å²) < 4.78 is 11.6. The molecule has 2 aliphatic rings. The summed E-state index contributed by atoms with van der Waals surface area (Å²) in [6, 6.07) is 0. The number of alkyl halides is 1. The van der Waals surface area contributed by atoms with Crippen molar-refractivity contribution in [2.45, 2.75) is 65.1 Å². The zero-order valence-corrected chi connectivity index (χ0v) is 14.3. The average Bonchev–Trinajstić information content (AvgIpc) is 2.87. The maximum absolute atomic E-state index is 12.5. The molecule has 2 fully saturated rings. The van der Waals surface area contributed by atoms with Crippen LogP contribution in [0.1, 0.15) is 52.9 Å². The van der Waals surface area contributed by atoms with E-state index in [4.69, 9.17) is 21.1 Å². The number of rotatable bonds is 5. The van der Waals surface area contributed by atoms with Crippen molar-refractivity contribution in [1.82, 2.24) is 0 Å². The minimum Gasteiger partial charge on any atom is -0.462 e. The third kappa shape index (κ3) is 4.35. The highest BCUT2D eigenvalue weighted by Crippen LogP contribution is 2.36. The van der Waals surface area contributed by atoms with Gasteiger partial charge >= 0.3 is 5.97 Å². The van der Waals surface area contributed by atoms with Gasteiger partial charge in [-0.15, -0.1) is 11.6 Å². The second-order valence-electron chi connectivity index (χ2n) is 7.08. The quantitative estimate of drug-likeness (QED) is 0.567. The molecule has 1 aliphatic carbocycles. The van der Waals surface area contributed by atoms with Gasteiger partial charge in [0.1, 0.15) is 6.10 Å². The Kier molecular flexibility index (Phi) is 6.36. The van der Waals surface area contributed by atoms with Crippen molar-refractivity contribution >= 4 is 17.6 Å². The first-order valence-corrected chi connectivity index (χ1v) is 8.94. The van der Waals surface area contributed by atoms with Gasteiger partial charge in [-0.2, -0.15) is 0 Å². The van der Waals surface area contributed by atoms with Crippen molar-refractivity contribution in [3.63, 3.8) is 0 Å². The molecule has 4 heteroatoms. The summed E-state index contributed by atoms with van der Waals surface area (Å²) in [6.07, 6.45) is 4.96. The normalized spacial score (nSPS) is 36.9. The molecule has 3 nitrogen and oxygen atoms in total. The maximum atomic E-state index is 12.5. The average molecular weight is 317 g/mol. The molecular weight excluding hydrogens is 288 g/mol. The van der Waals surface area contributed by atoms with Crippen LogP contribution in [0.15, 0.2) is 0 Å². The van der Waals surface area contributed by atoms with E-state index in [0.717, 1.165) is 19.3 Å². The molecule has 21 heavy (non-hydrogen) atoms. The molecule has 0 amide bonds. The van der Waals surface area contributed by atoms with E-state index in [-0.39, 0.29) is 24.1 Å². The Hall–Kier alpha value is -0.280. The minimum absolute atomic E-state index is 0.0477. The van der Waals surface area contributed by atoms with Crippen LogP contribution < -0.4 is 0 Å². The van der Waals surface area contributed by atoms with Gasteiger partial charge in [-0.25, -0.2) is 0 Å². The van der Waals surface area contributed by atoms with Crippen molar-refractivity contribution in [3.05, 3.63) is 0 Å². The maximum Gasteiger partial charge on any atom is 0.311 e. The number of hydrogen-bond acceptors (Lipinski definition) is 3. The second-order valence-corrected chi connectivity index (χ2v) is 7.46. The van der Waals surface area contributed by atoms with Crippen LogP contribution in [0.2, 0.25) is 0 Å². The largest absolute Gasteiger partial charge is 0.462 e. The van der Waals surface area contributed by atoms with Gasteiger partial charge < -0.3 is 9.47 Å². The molecule has 1 aliphatic heterocycles. The molecule has 2 rings (SSSR count). The lowest BCUT2D eigenvalue weighted by Crippen LogP contribution is -2.38. The molecule has 0 N–H and O–H groups in total. The summed E-state index contributed by atoms with van der Waals surface area (Å²) in [4.78, 5) is 12.5. The van der Waals surface area contributed by atoms with Crippen LogP contribution in [0.3, 0.4) is 0 Å². The number of ether oxygens (including phenoxy) is 2. The van der Waals surface area contributed by atoms with E-state index in [1.807, 2.05) is 0 Å². The van der Waals surface area contributed by atoms with Crippen LogP contribution in [0.4, 0.5) is 0 Å². The Balaban J connectivity index is 1.96. The van der Waals surface area contributed by atoms with E-state index in [0.29, 0.717) is 30.2 Å². The van der Waals surface area contributed by atoms with Gasteiger partial charge in [-0.05, 0) is 43.4 Å². The lowest BCUT2D eigenvalue weighted by molar-refractivity contribution is -0.162. The molecule has 0 radical (unpaired) electrons. The Morgan fingerprint density at radius 1 is 1.33 bits per heavy atom. The Morgan fingerprint density at radius 3 is 2.76 bits per heavy atom. The smallest absolute Gasteiger partial charge is 0.311 e. The summed E-state index contributed by atoms with van der Waals surface area (Å²) >= 11 is 5.80. The molecule has 5 atom stereocenters. The minimum atomic E-state index is -0.117. The van der Waals surface area contributed by atoms with Crippen molar-refractivity contribution in [2.24, 2.45) is 23.7 Å². The topological polar surface area (TPSA) is 35.5 Å². The van der Waals surface area contributed by atoms with E-state index < -0.39 is 0 Å². The molecule has 122 valence electrons. The Morgan fingerprint density at radius 2 is 2.10 bits per heavy atom. The first-order chi connectivity index (χ1) is 10.0. The summed E-state index contributed by atoms with van der Waals surface area (Å²) in [6.45, 7) is 7.37. The van der Waals surface area contributed by atoms with E-state index >= 15 is 0 Å². The van der Waals surface area contributed by atoms with Gasteiger partial charge in [0.25, 0.3) is 0 Å². The molecule has 5 unspecified atom stereocenters. The zero-order valence-electron chi connectivity index (χ0n) is 13.5. The van der Waals surface area contributed by atoms with Crippen LogP contribution in [0, 0.1) is 23.7 Å². The van der Waals surface area contributed by atoms with Gasteiger partial charge in [0.2, 0.25) is 0 Å². The lowest BCUT2D eigenvalue weighted by Gasteiger charge is -2.37. The van der Waals surface area contributed by atoms with Crippen LogP contribution in [0.25, 0.3) is 0 Å². The van der Waals surface area contributed by atoms with E-state index in [9.17, 15) is 4.79 Å². The van der Waals surface area contributed by atoms with Crippen molar-refractivity contribution in [2.75, 3.05) is 12.5 Å². The van der Waals surface area contributed by atoms with E-state index in [1.54, 1.807) is 0 Å². The summed E-state index contributed by atoms with van der Waals surface area (Å²) in [5, 5.41) is 0. The highest BCUT2D eigenvalue weighted by Gasteiger charge is 2.39. The van der Waals surface area contributed by atoms with Gasteiger partial charge in [-0.3, -0.25) is 4.79 Å². The lowest BCUT2D eigenvalue weighted by atomic mass is 9.75. The molecule has 0 bridgehead atoms. The number of carbonyl (C=O) groups is 1. The van der Waals surface area contributed by atoms with E-state index in [1.165, 1.54) is 12.8 Å². The molecule has 1 saturated carbocycles. The molecule has 0 aromatic heterocycles. The first-order valence-electron chi connectivity index (χ1n) is 8.41. The van der Waals surface area contributed by atoms with E-state index in [2.05, 4.69) is 20.8 Å². The van der Waals surface area contributed by atoms with Gasteiger partial charge in [0.05, 0.1) is 12.0 Å². The van der Waals surface area contributed by atoms with Crippen molar-refractivity contribution in [3.8, 4) is 0 Å². The fourth-order valence-electron chi connectivity index (χ4n) is 3.80. The predicted octanol–water partition coefficient (Wildman–Crippen LogP) is 4.02. The molecule has 0 spiro atoms. The molecule has 1 saturated heterocycles. The Bertz CT molecular complexity index is 345. The fourth-order valence-corrected chi connectivity index (χ4v) is 4.01. The molecular formula is C17H29ClO3. The number of carbonyl (C=O) groups excluding carboxylic acids is 1. The third-order valence-corrected chi connectivity index (χ3v) is 5.35. The standard InChI is InChI=1S/C17H29ClO3/c1-11(2)13-5-4-12(3)10-16(13)21-17(19)14-7-9-20-15(14)6-8-18/h11-16H,4-10H2,1-3H3. The SMILES string of the molecule is CC1CCC(C(C)C)C(OC(=O)C2CCOC2CCCl)C1. The van der Waals surface area contributed by atoms with Crippen molar-refractivity contribution in [1.29, 1.82) is 0 Å². The van der Waals surface area contributed by atoms with Gasteiger partial charge in [0.15, 0.2) is 0 Å². The van der Waals surface area contributed by atoms with Gasteiger partial charge in [-0.1, -0.05) is 27.2 Å². The molecule has 0 aromatic rings.